The van der Waals surface area contributed by atoms with Crippen LogP contribution in [0.3, 0.4) is 0 Å². The summed E-state index contributed by atoms with van der Waals surface area (Å²) < 4.78 is 5.42. The molecule has 0 aromatic heterocycles. The number of hydrazone groups is 1. The van der Waals surface area contributed by atoms with Crippen LogP contribution in [0.25, 0.3) is 0 Å². The van der Waals surface area contributed by atoms with E-state index in [1.165, 1.54) is 11.1 Å². The van der Waals surface area contributed by atoms with E-state index in [1.807, 2.05) is 50.2 Å². The van der Waals surface area contributed by atoms with Crippen molar-refractivity contribution in [1.29, 1.82) is 0 Å². The molecule has 0 atom stereocenters. The Labute approximate surface area is 137 Å². The Bertz CT molecular complexity index is 691. The van der Waals surface area contributed by atoms with E-state index < -0.39 is 0 Å². The van der Waals surface area contributed by atoms with Crippen LogP contribution in [0.15, 0.2) is 47.6 Å². The Hall–Kier alpha value is -2.62. The van der Waals surface area contributed by atoms with E-state index in [4.69, 9.17) is 4.74 Å². The summed E-state index contributed by atoms with van der Waals surface area (Å²) in [5.74, 6) is 0.390. The number of ether oxygens (including phenoxy) is 1. The van der Waals surface area contributed by atoms with Crippen molar-refractivity contribution in [2.45, 2.75) is 27.2 Å². The van der Waals surface area contributed by atoms with Crippen LogP contribution in [-0.2, 0) is 11.2 Å². The fourth-order valence-electron chi connectivity index (χ4n) is 2.15. The summed E-state index contributed by atoms with van der Waals surface area (Å²) in [4.78, 5) is 11.7. The molecule has 0 aliphatic carbocycles. The minimum Gasteiger partial charge on any atom is -0.484 e. The predicted molar refractivity (Wildman–Crippen MR) is 93.0 cm³/mol. The summed E-state index contributed by atoms with van der Waals surface area (Å²) in [7, 11) is 0. The van der Waals surface area contributed by atoms with Gasteiger partial charge in [-0.05, 0) is 49.1 Å². The highest BCUT2D eigenvalue weighted by Crippen LogP contribution is 2.12. The molecule has 23 heavy (non-hydrogen) atoms. The second-order valence-corrected chi connectivity index (χ2v) is 5.44. The second kappa shape index (κ2) is 8.13. The van der Waals surface area contributed by atoms with E-state index >= 15 is 0 Å². The molecule has 0 fully saturated rings. The first kappa shape index (κ1) is 16.7. The number of hydrogen-bond donors (Lipinski definition) is 1. The molecular weight excluding hydrogens is 288 g/mol. The van der Waals surface area contributed by atoms with Gasteiger partial charge in [0.1, 0.15) is 5.75 Å². The zero-order chi connectivity index (χ0) is 16.7. The lowest BCUT2D eigenvalue weighted by Gasteiger charge is -2.06. The average Bonchev–Trinajstić information content (AvgIpc) is 2.55. The van der Waals surface area contributed by atoms with Crippen LogP contribution in [0.1, 0.15) is 29.2 Å². The summed E-state index contributed by atoms with van der Waals surface area (Å²) in [6.45, 7) is 6.09. The molecule has 4 heteroatoms. The van der Waals surface area contributed by atoms with Crippen molar-refractivity contribution in [2.75, 3.05) is 6.61 Å². The van der Waals surface area contributed by atoms with Gasteiger partial charge in [-0.15, -0.1) is 0 Å². The van der Waals surface area contributed by atoms with Crippen LogP contribution in [0.4, 0.5) is 0 Å². The van der Waals surface area contributed by atoms with E-state index in [-0.39, 0.29) is 12.5 Å². The largest absolute Gasteiger partial charge is 0.484 e. The van der Waals surface area contributed by atoms with Gasteiger partial charge in [-0.1, -0.05) is 42.8 Å². The number of aryl methyl sites for hydroxylation is 3. The highest BCUT2D eigenvalue weighted by Gasteiger charge is 2.02. The minimum atomic E-state index is -0.286. The third-order valence-corrected chi connectivity index (χ3v) is 3.52. The van der Waals surface area contributed by atoms with Gasteiger partial charge >= 0.3 is 0 Å². The molecule has 0 saturated carbocycles. The third-order valence-electron chi connectivity index (χ3n) is 3.52. The van der Waals surface area contributed by atoms with Gasteiger partial charge in [0.05, 0.1) is 6.21 Å². The summed E-state index contributed by atoms with van der Waals surface area (Å²) in [5, 5.41) is 3.97. The van der Waals surface area contributed by atoms with E-state index in [1.54, 1.807) is 6.21 Å². The van der Waals surface area contributed by atoms with E-state index in [0.717, 1.165) is 17.5 Å². The number of nitrogens with one attached hydrogen (secondary N) is 1. The zero-order valence-electron chi connectivity index (χ0n) is 13.8. The summed E-state index contributed by atoms with van der Waals surface area (Å²) >= 11 is 0. The Morgan fingerprint density at radius 1 is 1.17 bits per heavy atom. The van der Waals surface area contributed by atoms with Crippen molar-refractivity contribution in [1.82, 2.24) is 5.43 Å². The lowest BCUT2D eigenvalue weighted by atomic mass is 10.1. The quantitative estimate of drug-likeness (QED) is 0.657. The molecule has 0 spiro atoms. The van der Waals surface area contributed by atoms with Gasteiger partial charge in [0.15, 0.2) is 6.61 Å². The fourth-order valence-corrected chi connectivity index (χ4v) is 2.15. The van der Waals surface area contributed by atoms with Crippen molar-refractivity contribution >= 4 is 12.1 Å². The van der Waals surface area contributed by atoms with Gasteiger partial charge < -0.3 is 4.74 Å². The molecule has 4 nitrogen and oxygen atoms in total. The smallest absolute Gasteiger partial charge is 0.277 e. The monoisotopic (exact) mass is 310 g/mol. The third kappa shape index (κ3) is 5.25. The zero-order valence-corrected chi connectivity index (χ0v) is 13.8. The molecule has 1 N–H and O–H groups in total. The lowest BCUT2D eigenvalue weighted by molar-refractivity contribution is -0.123. The van der Waals surface area contributed by atoms with Gasteiger partial charge in [-0.25, -0.2) is 5.43 Å². The van der Waals surface area contributed by atoms with Crippen LogP contribution >= 0.6 is 0 Å². The highest BCUT2D eigenvalue weighted by atomic mass is 16.5. The summed E-state index contributed by atoms with van der Waals surface area (Å²) in [6.07, 6.45) is 2.62. The van der Waals surface area contributed by atoms with Crippen molar-refractivity contribution in [3.63, 3.8) is 0 Å². The Kier molecular flexibility index (Phi) is 5.92. The summed E-state index contributed by atoms with van der Waals surface area (Å²) in [6, 6.07) is 13.8. The maximum absolute atomic E-state index is 11.7. The SMILES string of the molecule is CCc1ccc(OCC(=O)NN=Cc2ccc(C)cc2C)cc1. The summed E-state index contributed by atoms with van der Waals surface area (Å²) in [5.41, 5.74) is 7.01. The van der Waals surface area contributed by atoms with E-state index in [2.05, 4.69) is 23.5 Å². The molecule has 0 radical (unpaired) electrons. The molecule has 0 aliphatic rings. The van der Waals surface area contributed by atoms with Gasteiger partial charge in [0.25, 0.3) is 5.91 Å². The van der Waals surface area contributed by atoms with Crippen LogP contribution in [0.5, 0.6) is 5.75 Å². The molecule has 2 aromatic rings. The lowest BCUT2D eigenvalue weighted by Crippen LogP contribution is -2.24. The maximum Gasteiger partial charge on any atom is 0.277 e. The number of carbonyl (C=O) groups is 1. The van der Waals surface area contributed by atoms with Crippen LogP contribution in [-0.4, -0.2) is 18.7 Å². The van der Waals surface area contributed by atoms with Gasteiger partial charge in [0, 0.05) is 0 Å². The van der Waals surface area contributed by atoms with Gasteiger partial charge in [-0.3, -0.25) is 4.79 Å². The van der Waals surface area contributed by atoms with Gasteiger partial charge in [0.2, 0.25) is 0 Å². The first-order valence-corrected chi connectivity index (χ1v) is 7.69. The molecule has 2 aromatic carbocycles. The molecule has 0 bridgehead atoms. The molecule has 2 rings (SSSR count). The Morgan fingerprint density at radius 3 is 2.57 bits per heavy atom. The Balaban J connectivity index is 1.81. The molecular formula is C19H22N2O2. The van der Waals surface area contributed by atoms with Crippen molar-refractivity contribution in [2.24, 2.45) is 5.10 Å². The first-order valence-electron chi connectivity index (χ1n) is 7.69. The highest BCUT2D eigenvalue weighted by molar-refractivity contribution is 5.84. The normalized spacial score (nSPS) is 10.7. The molecule has 1 amide bonds. The molecule has 0 heterocycles. The van der Waals surface area contributed by atoms with Crippen molar-refractivity contribution in [3.05, 3.63) is 64.7 Å². The number of hydrogen-bond acceptors (Lipinski definition) is 3. The van der Waals surface area contributed by atoms with Crippen molar-refractivity contribution < 1.29 is 9.53 Å². The topological polar surface area (TPSA) is 50.7 Å². The average molecular weight is 310 g/mol. The standard InChI is InChI=1S/C19H22N2O2/c1-4-16-6-9-18(10-7-16)23-13-19(22)21-20-12-17-8-5-14(2)11-15(17)3/h5-12H,4,13H2,1-3H3,(H,21,22). The van der Waals surface area contributed by atoms with Gasteiger partial charge in [-0.2, -0.15) is 5.10 Å². The Morgan fingerprint density at radius 2 is 1.91 bits per heavy atom. The molecule has 120 valence electrons. The van der Waals surface area contributed by atoms with E-state index in [0.29, 0.717) is 5.75 Å². The number of amides is 1. The molecule has 0 unspecified atom stereocenters. The first-order chi connectivity index (χ1) is 11.1. The second-order valence-electron chi connectivity index (χ2n) is 5.44. The number of carbonyl (C=O) groups excluding carboxylic acids is 1. The fraction of sp³-hybridized carbons (Fsp3) is 0.263. The molecule has 0 aliphatic heterocycles. The minimum absolute atomic E-state index is 0.0598. The van der Waals surface area contributed by atoms with Crippen LogP contribution in [0, 0.1) is 13.8 Å². The number of nitrogens with zero attached hydrogens (tertiary/aromatic N) is 1. The van der Waals surface area contributed by atoms with E-state index in [9.17, 15) is 4.79 Å². The van der Waals surface area contributed by atoms with Crippen LogP contribution < -0.4 is 10.2 Å². The maximum atomic E-state index is 11.7. The molecule has 0 saturated heterocycles. The number of rotatable bonds is 6. The van der Waals surface area contributed by atoms with Crippen LogP contribution in [0.2, 0.25) is 0 Å². The van der Waals surface area contributed by atoms with Crippen molar-refractivity contribution in [3.8, 4) is 5.75 Å². The predicted octanol–water partition coefficient (Wildman–Crippen LogP) is 3.39. The number of benzene rings is 2.